The van der Waals surface area contributed by atoms with Gasteiger partial charge in [-0.05, 0) is 44.4 Å². The predicted octanol–water partition coefficient (Wildman–Crippen LogP) is 3.64. The van der Waals surface area contributed by atoms with Crippen LogP contribution in [0.25, 0.3) is 0 Å². The second kappa shape index (κ2) is 6.79. The van der Waals surface area contributed by atoms with Crippen molar-refractivity contribution in [2.45, 2.75) is 45.6 Å². The van der Waals surface area contributed by atoms with Gasteiger partial charge in [-0.25, -0.2) is 0 Å². The molecule has 0 amide bonds. The summed E-state index contributed by atoms with van der Waals surface area (Å²) in [5.41, 5.74) is 1.24. The van der Waals surface area contributed by atoms with Crippen molar-refractivity contribution in [3.8, 4) is 5.75 Å². The van der Waals surface area contributed by atoms with Gasteiger partial charge in [-0.3, -0.25) is 0 Å². The quantitative estimate of drug-likeness (QED) is 0.787. The van der Waals surface area contributed by atoms with Crippen molar-refractivity contribution >= 4 is 0 Å². The first-order chi connectivity index (χ1) is 8.79. The molecular formula is C16H25NO. The number of rotatable bonds is 5. The highest BCUT2D eigenvalue weighted by Crippen LogP contribution is 2.22. The van der Waals surface area contributed by atoms with E-state index in [1.807, 2.05) is 0 Å². The second-order valence-corrected chi connectivity index (χ2v) is 5.28. The first-order valence-electron chi connectivity index (χ1n) is 7.24. The second-order valence-electron chi connectivity index (χ2n) is 5.28. The van der Waals surface area contributed by atoms with Gasteiger partial charge in [0.15, 0.2) is 0 Å². The maximum absolute atomic E-state index is 6.11. The van der Waals surface area contributed by atoms with Gasteiger partial charge >= 0.3 is 0 Å². The van der Waals surface area contributed by atoms with E-state index in [4.69, 9.17) is 4.74 Å². The van der Waals surface area contributed by atoms with E-state index in [0.29, 0.717) is 6.10 Å². The minimum Gasteiger partial charge on any atom is -0.490 e. The summed E-state index contributed by atoms with van der Waals surface area (Å²) in [6.07, 6.45) is 5.35. The monoisotopic (exact) mass is 247 g/mol. The Bertz CT molecular complexity index is 356. The lowest BCUT2D eigenvalue weighted by Gasteiger charge is -2.32. The molecule has 0 radical (unpaired) electrons. The number of benzene rings is 1. The van der Waals surface area contributed by atoms with Crippen molar-refractivity contribution in [3.63, 3.8) is 0 Å². The first-order valence-corrected chi connectivity index (χ1v) is 7.24. The van der Waals surface area contributed by atoms with Gasteiger partial charge in [0.25, 0.3) is 0 Å². The molecule has 2 nitrogen and oxygen atoms in total. The summed E-state index contributed by atoms with van der Waals surface area (Å²) >= 11 is 0. The van der Waals surface area contributed by atoms with E-state index < -0.39 is 0 Å². The largest absolute Gasteiger partial charge is 0.490 e. The van der Waals surface area contributed by atoms with E-state index in [1.165, 1.54) is 38.0 Å². The minimum atomic E-state index is 0.406. The molecule has 1 saturated heterocycles. The van der Waals surface area contributed by atoms with Gasteiger partial charge in [0.2, 0.25) is 0 Å². The molecule has 1 heterocycles. The van der Waals surface area contributed by atoms with Crippen molar-refractivity contribution in [2.75, 3.05) is 19.6 Å². The molecule has 1 aliphatic heterocycles. The molecule has 0 aliphatic carbocycles. The molecule has 2 rings (SSSR count). The fourth-order valence-corrected chi connectivity index (χ4v) is 2.50. The van der Waals surface area contributed by atoms with Crippen LogP contribution in [0.15, 0.2) is 24.3 Å². The van der Waals surface area contributed by atoms with Gasteiger partial charge in [-0.15, -0.1) is 0 Å². The van der Waals surface area contributed by atoms with Crippen LogP contribution in [0.3, 0.4) is 0 Å². The Hall–Kier alpha value is -1.02. The maximum Gasteiger partial charge on any atom is 0.122 e. The summed E-state index contributed by atoms with van der Waals surface area (Å²) in [6, 6.07) is 8.32. The number of piperidine rings is 1. The van der Waals surface area contributed by atoms with Crippen molar-refractivity contribution in [1.82, 2.24) is 4.90 Å². The molecule has 1 fully saturated rings. The number of para-hydroxylation sites is 1. The smallest absolute Gasteiger partial charge is 0.122 e. The van der Waals surface area contributed by atoms with E-state index in [2.05, 4.69) is 43.0 Å². The number of likely N-dealkylation sites (tertiary alicyclic amines) is 1. The molecule has 0 bridgehead atoms. The number of hydrogen-bond acceptors (Lipinski definition) is 2. The summed E-state index contributed by atoms with van der Waals surface area (Å²) in [5.74, 6) is 1.06. The lowest BCUT2D eigenvalue weighted by atomic mass is 10.1. The molecule has 2 heteroatoms. The van der Waals surface area contributed by atoms with Gasteiger partial charge in [-0.1, -0.05) is 31.5 Å². The molecule has 100 valence electrons. The summed E-state index contributed by atoms with van der Waals surface area (Å²) in [5, 5.41) is 0. The average Bonchev–Trinajstić information content (AvgIpc) is 2.41. The van der Waals surface area contributed by atoms with Crippen LogP contribution in [0, 0.1) is 6.92 Å². The van der Waals surface area contributed by atoms with E-state index in [1.54, 1.807) is 0 Å². The normalized spacial score (nSPS) is 17.9. The van der Waals surface area contributed by atoms with Gasteiger partial charge in [0.05, 0.1) is 0 Å². The van der Waals surface area contributed by atoms with Crippen LogP contribution in [0.5, 0.6) is 5.75 Å². The van der Waals surface area contributed by atoms with Gasteiger partial charge < -0.3 is 9.64 Å². The average molecular weight is 247 g/mol. The van der Waals surface area contributed by atoms with Crippen molar-refractivity contribution < 1.29 is 4.74 Å². The Morgan fingerprint density at radius 2 is 1.94 bits per heavy atom. The number of nitrogens with zero attached hydrogens (tertiary/aromatic N) is 1. The molecule has 0 atom stereocenters. The third-order valence-corrected chi connectivity index (χ3v) is 3.75. The Balaban J connectivity index is 1.78. The summed E-state index contributed by atoms with van der Waals surface area (Å²) in [6.45, 7) is 8.01. The summed E-state index contributed by atoms with van der Waals surface area (Å²) in [4.78, 5) is 2.57. The zero-order valence-electron chi connectivity index (χ0n) is 11.7. The van der Waals surface area contributed by atoms with Gasteiger partial charge in [0.1, 0.15) is 11.9 Å². The molecule has 1 aromatic rings. The molecule has 0 N–H and O–H groups in total. The van der Waals surface area contributed by atoms with E-state index in [9.17, 15) is 0 Å². The molecule has 0 spiro atoms. The lowest BCUT2D eigenvalue weighted by molar-refractivity contribution is 0.0993. The predicted molar refractivity (Wildman–Crippen MR) is 76.2 cm³/mol. The van der Waals surface area contributed by atoms with Crippen molar-refractivity contribution in [1.29, 1.82) is 0 Å². The molecule has 0 saturated carbocycles. The first kappa shape index (κ1) is 13.4. The zero-order valence-corrected chi connectivity index (χ0v) is 11.7. The number of hydrogen-bond donors (Lipinski definition) is 0. The molecule has 18 heavy (non-hydrogen) atoms. The lowest BCUT2D eigenvalue weighted by Crippen LogP contribution is -2.38. The van der Waals surface area contributed by atoms with Gasteiger partial charge in [-0.2, -0.15) is 0 Å². The minimum absolute atomic E-state index is 0.406. The van der Waals surface area contributed by atoms with Crippen LogP contribution in [0.1, 0.15) is 38.2 Å². The fourth-order valence-electron chi connectivity index (χ4n) is 2.50. The van der Waals surface area contributed by atoms with Crippen LogP contribution in [-0.4, -0.2) is 30.6 Å². The van der Waals surface area contributed by atoms with Crippen LogP contribution < -0.4 is 4.74 Å². The van der Waals surface area contributed by atoms with E-state index in [-0.39, 0.29) is 0 Å². The molecular weight excluding hydrogens is 222 g/mol. The van der Waals surface area contributed by atoms with Crippen molar-refractivity contribution in [2.24, 2.45) is 0 Å². The topological polar surface area (TPSA) is 12.5 Å². The third-order valence-electron chi connectivity index (χ3n) is 3.75. The highest BCUT2D eigenvalue weighted by molar-refractivity contribution is 5.31. The van der Waals surface area contributed by atoms with E-state index in [0.717, 1.165) is 18.6 Å². The van der Waals surface area contributed by atoms with E-state index >= 15 is 0 Å². The van der Waals surface area contributed by atoms with Crippen LogP contribution in [-0.2, 0) is 0 Å². The standard InChI is InChI=1S/C16H25NO/c1-3-4-11-17-12-9-15(10-13-17)18-16-8-6-5-7-14(16)2/h5-8,15H,3-4,9-13H2,1-2H3. The fraction of sp³-hybridized carbons (Fsp3) is 0.625. The zero-order chi connectivity index (χ0) is 12.8. The Morgan fingerprint density at radius 3 is 2.61 bits per heavy atom. The maximum atomic E-state index is 6.11. The highest BCUT2D eigenvalue weighted by Gasteiger charge is 2.20. The number of ether oxygens (including phenoxy) is 1. The van der Waals surface area contributed by atoms with Gasteiger partial charge in [0, 0.05) is 13.1 Å². The molecule has 0 aromatic heterocycles. The van der Waals surface area contributed by atoms with Crippen LogP contribution in [0.2, 0.25) is 0 Å². The Labute approximate surface area is 111 Å². The highest BCUT2D eigenvalue weighted by atomic mass is 16.5. The summed E-state index contributed by atoms with van der Waals surface area (Å²) < 4.78 is 6.11. The van der Waals surface area contributed by atoms with Crippen LogP contribution >= 0.6 is 0 Å². The third kappa shape index (κ3) is 3.74. The number of unbranched alkanes of at least 4 members (excludes halogenated alkanes) is 1. The SMILES string of the molecule is CCCCN1CCC(Oc2ccccc2C)CC1. The molecule has 1 aromatic carbocycles. The number of aryl methyl sites for hydroxylation is 1. The van der Waals surface area contributed by atoms with Crippen molar-refractivity contribution in [3.05, 3.63) is 29.8 Å². The molecule has 0 unspecified atom stereocenters. The molecule has 1 aliphatic rings. The Morgan fingerprint density at radius 1 is 1.22 bits per heavy atom. The summed E-state index contributed by atoms with van der Waals surface area (Å²) in [7, 11) is 0. The Kier molecular flexibility index (Phi) is 5.06. The van der Waals surface area contributed by atoms with Crippen LogP contribution in [0.4, 0.5) is 0 Å².